The predicted molar refractivity (Wildman–Crippen MR) is 85.7 cm³/mol. The zero-order valence-electron chi connectivity index (χ0n) is 12.5. The van der Waals surface area contributed by atoms with Gasteiger partial charge in [-0.1, -0.05) is 34.1 Å². The lowest BCUT2D eigenvalue weighted by molar-refractivity contribution is -0.141. The zero-order chi connectivity index (χ0) is 16.1. The number of ether oxygens (including phenoxy) is 1. The molecule has 0 unspecified atom stereocenters. The van der Waals surface area contributed by atoms with E-state index in [9.17, 15) is 9.59 Å². The van der Waals surface area contributed by atoms with Gasteiger partial charge in [0.2, 0.25) is 0 Å². The molecule has 0 saturated carbocycles. The number of halogens is 1. The van der Waals surface area contributed by atoms with E-state index in [2.05, 4.69) is 21.0 Å². The highest BCUT2D eigenvalue weighted by molar-refractivity contribution is 9.10. The molecular weight excluding hydrogens is 348 g/mol. The number of carbonyl (C=O) groups is 2. The minimum atomic E-state index is -0.523. The molecule has 0 atom stereocenters. The van der Waals surface area contributed by atoms with Gasteiger partial charge in [-0.3, -0.25) is 14.3 Å². The number of aromatic nitrogens is 2. The molecule has 0 spiro atoms. The summed E-state index contributed by atoms with van der Waals surface area (Å²) in [5.74, 6) is -0.842. The van der Waals surface area contributed by atoms with Crippen LogP contribution in [0.4, 0.5) is 0 Å². The summed E-state index contributed by atoms with van der Waals surface area (Å²) in [6.45, 7) is 1.97. The Balaban J connectivity index is 2.21. The van der Waals surface area contributed by atoms with Crippen molar-refractivity contribution >= 4 is 27.7 Å². The number of carbonyl (C=O) groups excluding carboxylic acids is 2. The largest absolute Gasteiger partial charge is 0.466 e. The molecule has 0 aliphatic carbocycles. The molecule has 0 saturated heterocycles. The second-order valence-electron chi connectivity index (χ2n) is 4.85. The van der Waals surface area contributed by atoms with E-state index in [0.29, 0.717) is 12.1 Å². The Morgan fingerprint density at radius 3 is 2.68 bits per heavy atom. The number of benzene rings is 1. The van der Waals surface area contributed by atoms with Crippen molar-refractivity contribution in [3.05, 3.63) is 51.8 Å². The first kappa shape index (κ1) is 16.4. The predicted octanol–water partition coefficient (Wildman–Crippen LogP) is 2.91. The van der Waals surface area contributed by atoms with Gasteiger partial charge in [-0.15, -0.1) is 0 Å². The lowest BCUT2D eigenvalue weighted by Gasteiger charge is -2.04. The molecule has 2 aromatic rings. The van der Waals surface area contributed by atoms with Crippen LogP contribution in [0.25, 0.3) is 0 Å². The number of ketones is 1. The number of nitrogens with zero attached hydrogens (tertiary/aromatic N) is 2. The highest BCUT2D eigenvalue weighted by atomic mass is 79.9. The van der Waals surface area contributed by atoms with Crippen LogP contribution in [0.5, 0.6) is 0 Å². The molecule has 5 nitrogen and oxygen atoms in total. The molecule has 0 aliphatic rings. The summed E-state index contributed by atoms with van der Waals surface area (Å²) in [7, 11) is 1.75. The van der Waals surface area contributed by atoms with Gasteiger partial charge in [-0.25, -0.2) is 0 Å². The number of hydrogen-bond donors (Lipinski definition) is 0. The van der Waals surface area contributed by atoms with Gasteiger partial charge in [0.1, 0.15) is 12.1 Å². The Morgan fingerprint density at radius 1 is 1.27 bits per heavy atom. The lowest BCUT2D eigenvalue weighted by Crippen LogP contribution is -2.13. The molecule has 0 fully saturated rings. The molecule has 0 radical (unpaired) electrons. The number of Topliss-reactive ketones (excluding diaryl/α,β-unsaturated/α-hetero) is 1. The minimum absolute atomic E-state index is 0.262. The van der Waals surface area contributed by atoms with Crippen molar-refractivity contribution in [1.29, 1.82) is 0 Å². The molecular formula is C16H17BrN2O3. The Kier molecular flexibility index (Phi) is 5.49. The molecule has 1 heterocycles. The molecule has 0 aliphatic heterocycles. The fourth-order valence-electron chi connectivity index (χ4n) is 2.18. The second-order valence-corrected chi connectivity index (χ2v) is 5.70. The van der Waals surface area contributed by atoms with Crippen LogP contribution in [-0.4, -0.2) is 28.1 Å². The maximum Gasteiger partial charge on any atom is 0.313 e. The Morgan fingerprint density at radius 2 is 2.00 bits per heavy atom. The number of hydrogen-bond acceptors (Lipinski definition) is 4. The van der Waals surface area contributed by atoms with Crippen molar-refractivity contribution in [2.45, 2.75) is 19.8 Å². The van der Waals surface area contributed by atoms with E-state index in [1.165, 1.54) is 0 Å². The average Bonchev–Trinajstić information content (AvgIpc) is 2.82. The van der Waals surface area contributed by atoms with Crippen molar-refractivity contribution in [3.8, 4) is 0 Å². The van der Waals surface area contributed by atoms with Gasteiger partial charge in [0.25, 0.3) is 0 Å². The first-order chi connectivity index (χ1) is 10.5. The third-order valence-electron chi connectivity index (χ3n) is 3.12. The minimum Gasteiger partial charge on any atom is -0.466 e. The van der Waals surface area contributed by atoms with Gasteiger partial charge in [0, 0.05) is 29.7 Å². The molecule has 6 heteroatoms. The monoisotopic (exact) mass is 364 g/mol. The molecule has 2 rings (SSSR count). The van der Waals surface area contributed by atoms with Crippen molar-refractivity contribution in [2.75, 3.05) is 6.61 Å². The van der Waals surface area contributed by atoms with Crippen molar-refractivity contribution < 1.29 is 14.3 Å². The molecule has 116 valence electrons. The van der Waals surface area contributed by atoms with Crippen LogP contribution in [0, 0.1) is 0 Å². The Bertz CT molecular complexity index is 694. The number of aryl methyl sites for hydroxylation is 1. The van der Waals surface area contributed by atoms with E-state index in [1.807, 2.05) is 24.3 Å². The van der Waals surface area contributed by atoms with E-state index in [4.69, 9.17) is 4.74 Å². The standard InChI is InChI=1S/C16H17BrN2O3/c1-3-22-15(21)9-14(20)16-12(10-19(2)18-16)8-11-6-4-5-7-13(11)17/h4-7,10H,3,8-9H2,1-2H3. The SMILES string of the molecule is CCOC(=O)CC(=O)c1nn(C)cc1Cc1ccccc1Br. The summed E-state index contributed by atoms with van der Waals surface area (Å²) < 4.78 is 7.38. The van der Waals surface area contributed by atoms with Crippen LogP contribution in [-0.2, 0) is 23.0 Å². The first-order valence-corrected chi connectivity index (χ1v) is 7.75. The van der Waals surface area contributed by atoms with Gasteiger partial charge >= 0.3 is 5.97 Å². The van der Waals surface area contributed by atoms with Gasteiger partial charge in [-0.05, 0) is 18.6 Å². The number of rotatable bonds is 6. The summed E-state index contributed by atoms with van der Waals surface area (Å²) in [4.78, 5) is 23.7. The lowest BCUT2D eigenvalue weighted by atomic mass is 10.0. The summed E-state index contributed by atoms with van der Waals surface area (Å²) in [6, 6.07) is 7.81. The average molecular weight is 365 g/mol. The molecule has 0 amide bonds. The van der Waals surface area contributed by atoms with Gasteiger partial charge < -0.3 is 4.74 Å². The van der Waals surface area contributed by atoms with Gasteiger partial charge in [0.05, 0.1) is 6.61 Å². The van der Waals surface area contributed by atoms with Crippen LogP contribution in [0.2, 0.25) is 0 Å². The zero-order valence-corrected chi connectivity index (χ0v) is 14.1. The highest BCUT2D eigenvalue weighted by Crippen LogP contribution is 2.21. The molecule has 1 aromatic carbocycles. The highest BCUT2D eigenvalue weighted by Gasteiger charge is 2.20. The maximum atomic E-state index is 12.3. The summed E-state index contributed by atoms with van der Waals surface area (Å²) in [5.41, 5.74) is 2.18. The molecule has 0 bridgehead atoms. The van der Waals surface area contributed by atoms with Crippen molar-refractivity contribution in [1.82, 2.24) is 9.78 Å². The molecule has 1 aromatic heterocycles. The third-order valence-corrected chi connectivity index (χ3v) is 3.89. The number of esters is 1. The topological polar surface area (TPSA) is 61.2 Å². The second kappa shape index (κ2) is 7.35. The fourth-order valence-corrected chi connectivity index (χ4v) is 2.60. The van der Waals surface area contributed by atoms with Crippen LogP contribution in [0.3, 0.4) is 0 Å². The van der Waals surface area contributed by atoms with Gasteiger partial charge in [-0.2, -0.15) is 5.10 Å². The molecule has 22 heavy (non-hydrogen) atoms. The van der Waals surface area contributed by atoms with Crippen molar-refractivity contribution in [3.63, 3.8) is 0 Å². The van der Waals surface area contributed by atoms with Crippen LogP contribution in [0.1, 0.15) is 35.0 Å². The third kappa shape index (κ3) is 4.04. The van der Waals surface area contributed by atoms with E-state index in [1.54, 1.807) is 24.9 Å². The van der Waals surface area contributed by atoms with E-state index in [-0.39, 0.29) is 18.8 Å². The van der Waals surface area contributed by atoms with E-state index in [0.717, 1.165) is 15.6 Å². The Hall–Kier alpha value is -1.95. The summed E-state index contributed by atoms with van der Waals surface area (Å²) in [5, 5.41) is 4.19. The quantitative estimate of drug-likeness (QED) is 0.449. The fraction of sp³-hybridized carbons (Fsp3) is 0.312. The molecule has 0 N–H and O–H groups in total. The van der Waals surface area contributed by atoms with Crippen LogP contribution >= 0.6 is 15.9 Å². The summed E-state index contributed by atoms with van der Waals surface area (Å²) in [6.07, 6.45) is 2.09. The van der Waals surface area contributed by atoms with Crippen LogP contribution < -0.4 is 0 Å². The van der Waals surface area contributed by atoms with Crippen LogP contribution in [0.15, 0.2) is 34.9 Å². The van der Waals surface area contributed by atoms with Crippen molar-refractivity contribution in [2.24, 2.45) is 7.05 Å². The maximum absolute atomic E-state index is 12.3. The summed E-state index contributed by atoms with van der Waals surface area (Å²) >= 11 is 3.50. The smallest absolute Gasteiger partial charge is 0.313 e. The van der Waals surface area contributed by atoms with Gasteiger partial charge in [0.15, 0.2) is 5.78 Å². The Labute approximate surface area is 137 Å². The van der Waals surface area contributed by atoms with E-state index >= 15 is 0 Å². The van der Waals surface area contributed by atoms with E-state index < -0.39 is 5.97 Å². The normalized spacial score (nSPS) is 10.5. The first-order valence-electron chi connectivity index (χ1n) is 6.96.